The molecule has 1 nitrogen and oxygen atoms in total. The summed E-state index contributed by atoms with van der Waals surface area (Å²) in [5.74, 6) is 0.876. The van der Waals surface area contributed by atoms with Crippen molar-refractivity contribution in [3.05, 3.63) is 90.5 Å². The Morgan fingerprint density at radius 2 is 1.22 bits per heavy atom. The van der Waals surface area contributed by atoms with Crippen LogP contribution in [0.4, 0.5) is 0 Å². The molecule has 0 aliphatic carbocycles. The van der Waals surface area contributed by atoms with E-state index in [4.69, 9.17) is 16.5 Å². The minimum absolute atomic E-state index is 0.875. The van der Waals surface area contributed by atoms with Gasteiger partial charge in [-0.1, -0.05) is 84.6 Å². The van der Waals surface area contributed by atoms with E-state index in [2.05, 4.69) is 60.7 Å². The summed E-state index contributed by atoms with van der Waals surface area (Å²) in [4.78, 5) is 0. The number of methoxy groups -OCH3 is 1. The molecule has 0 saturated carbocycles. The lowest BCUT2D eigenvalue weighted by molar-refractivity contribution is 0.414. The van der Waals surface area contributed by atoms with Gasteiger partial charge in [-0.25, -0.2) is 0 Å². The van der Waals surface area contributed by atoms with E-state index in [1.54, 1.807) is 7.11 Å². The lowest BCUT2D eigenvalue weighted by atomic mass is 10.2. The summed E-state index contributed by atoms with van der Waals surface area (Å²) in [6, 6.07) is 27.4. The second-order valence-electron chi connectivity index (χ2n) is 5.42. The molecule has 23 heavy (non-hydrogen) atoms. The maximum Gasteiger partial charge on any atom is 0.118 e. The standard InChI is InChI=1S/C20H19OPS/c1-21-18-14-12-17(13-15-18)16-22(23,19-8-4-2-5-9-19)20-10-6-3-7-11-20/h2-15H,16H2,1H3. The SMILES string of the molecule is COc1ccc(CP(=S)(c2ccccc2)c2ccccc2)cc1. The third kappa shape index (κ3) is 3.55. The minimum atomic E-state index is -1.88. The normalized spacial score (nSPS) is 11.2. The maximum absolute atomic E-state index is 6.26. The number of ether oxygens (including phenoxy) is 1. The van der Waals surface area contributed by atoms with Crippen LogP contribution in [0.15, 0.2) is 84.9 Å². The molecule has 3 heteroatoms. The summed E-state index contributed by atoms with van der Waals surface area (Å²) in [5, 5.41) is 2.52. The summed E-state index contributed by atoms with van der Waals surface area (Å²) in [7, 11) is 1.69. The van der Waals surface area contributed by atoms with Crippen molar-refractivity contribution in [1.82, 2.24) is 0 Å². The van der Waals surface area contributed by atoms with E-state index >= 15 is 0 Å². The van der Waals surface area contributed by atoms with Crippen molar-refractivity contribution in [2.45, 2.75) is 6.16 Å². The second kappa shape index (κ2) is 7.12. The molecule has 0 unspecified atom stereocenters. The van der Waals surface area contributed by atoms with Gasteiger partial charge in [0.15, 0.2) is 0 Å². The van der Waals surface area contributed by atoms with Crippen molar-refractivity contribution in [3.63, 3.8) is 0 Å². The molecule has 3 aromatic rings. The first-order chi connectivity index (χ1) is 11.2. The van der Waals surface area contributed by atoms with Crippen LogP contribution in [0.3, 0.4) is 0 Å². The molecule has 0 N–H and O–H groups in total. The predicted octanol–water partition coefficient (Wildman–Crippen LogP) is 4.33. The third-order valence-electron chi connectivity index (χ3n) is 3.91. The Balaban J connectivity index is 2.04. The molecule has 0 fully saturated rings. The van der Waals surface area contributed by atoms with Crippen LogP contribution in [0.2, 0.25) is 0 Å². The monoisotopic (exact) mass is 338 g/mol. The van der Waals surface area contributed by atoms with Gasteiger partial charge in [0, 0.05) is 12.2 Å². The molecular formula is C20H19OPS. The average molecular weight is 338 g/mol. The molecule has 0 aromatic heterocycles. The lowest BCUT2D eigenvalue weighted by Crippen LogP contribution is -2.17. The maximum atomic E-state index is 6.26. The minimum Gasteiger partial charge on any atom is -0.497 e. The van der Waals surface area contributed by atoms with E-state index in [0.29, 0.717) is 0 Å². The fraction of sp³-hybridized carbons (Fsp3) is 0.100. The first-order valence-electron chi connectivity index (χ1n) is 7.55. The smallest absolute Gasteiger partial charge is 0.118 e. The van der Waals surface area contributed by atoms with Gasteiger partial charge < -0.3 is 4.74 Å². The number of benzene rings is 3. The van der Waals surface area contributed by atoms with Gasteiger partial charge in [0.2, 0.25) is 0 Å². The molecule has 0 spiro atoms. The van der Waals surface area contributed by atoms with Crippen molar-refractivity contribution in [3.8, 4) is 5.75 Å². The van der Waals surface area contributed by atoms with Crippen LogP contribution in [-0.2, 0) is 18.0 Å². The van der Waals surface area contributed by atoms with Crippen LogP contribution >= 0.6 is 6.04 Å². The summed E-state index contributed by atoms with van der Waals surface area (Å²) in [6.07, 6.45) is 0.875. The Morgan fingerprint density at radius 3 is 1.65 bits per heavy atom. The molecular weight excluding hydrogens is 319 g/mol. The molecule has 3 rings (SSSR count). The van der Waals surface area contributed by atoms with E-state index in [9.17, 15) is 0 Å². The summed E-state index contributed by atoms with van der Waals surface area (Å²) in [5.41, 5.74) is 1.25. The molecule has 0 aliphatic rings. The predicted molar refractivity (Wildman–Crippen MR) is 103 cm³/mol. The zero-order chi connectivity index (χ0) is 16.1. The molecule has 0 saturated heterocycles. The molecule has 0 amide bonds. The Hall–Kier alpha value is -1.89. The van der Waals surface area contributed by atoms with Crippen molar-refractivity contribution in [2.24, 2.45) is 0 Å². The molecule has 0 atom stereocenters. The van der Waals surface area contributed by atoms with Crippen LogP contribution in [0, 0.1) is 0 Å². The average Bonchev–Trinajstić information content (AvgIpc) is 2.64. The Morgan fingerprint density at radius 1 is 0.739 bits per heavy atom. The Labute approximate surface area is 143 Å². The largest absolute Gasteiger partial charge is 0.497 e. The Kier molecular flexibility index (Phi) is 4.95. The first kappa shape index (κ1) is 16.0. The van der Waals surface area contributed by atoms with Crippen LogP contribution in [0.25, 0.3) is 0 Å². The van der Waals surface area contributed by atoms with Gasteiger partial charge in [-0.05, 0) is 28.3 Å². The van der Waals surface area contributed by atoms with Crippen LogP contribution in [0.5, 0.6) is 5.75 Å². The second-order valence-corrected chi connectivity index (χ2v) is 10.1. The number of hydrogen-bond acceptors (Lipinski definition) is 2. The topological polar surface area (TPSA) is 9.23 Å². The number of rotatable bonds is 5. The molecule has 0 aliphatic heterocycles. The zero-order valence-electron chi connectivity index (χ0n) is 13.1. The molecule has 116 valence electrons. The summed E-state index contributed by atoms with van der Waals surface area (Å²) >= 11 is 6.26. The van der Waals surface area contributed by atoms with Crippen LogP contribution in [0.1, 0.15) is 5.56 Å². The first-order valence-corrected chi connectivity index (χ1v) is 10.5. The van der Waals surface area contributed by atoms with Gasteiger partial charge in [0.25, 0.3) is 0 Å². The van der Waals surface area contributed by atoms with E-state index in [1.807, 2.05) is 24.3 Å². The highest BCUT2D eigenvalue weighted by molar-refractivity contribution is 8.21. The molecule has 0 radical (unpaired) electrons. The van der Waals surface area contributed by atoms with Crippen molar-refractivity contribution >= 4 is 28.5 Å². The highest BCUT2D eigenvalue weighted by atomic mass is 32.4. The van der Waals surface area contributed by atoms with Gasteiger partial charge in [0.05, 0.1) is 7.11 Å². The summed E-state index contributed by atoms with van der Waals surface area (Å²) < 4.78 is 5.25. The van der Waals surface area contributed by atoms with Gasteiger partial charge in [-0.2, -0.15) is 0 Å². The van der Waals surface area contributed by atoms with Gasteiger partial charge in [-0.3, -0.25) is 0 Å². The van der Waals surface area contributed by atoms with Crippen LogP contribution < -0.4 is 15.3 Å². The molecule has 3 aromatic carbocycles. The fourth-order valence-corrected chi connectivity index (χ4v) is 6.53. The molecule has 0 heterocycles. The van der Waals surface area contributed by atoms with Crippen molar-refractivity contribution < 1.29 is 4.74 Å². The lowest BCUT2D eigenvalue weighted by Gasteiger charge is -2.23. The van der Waals surface area contributed by atoms with E-state index < -0.39 is 6.04 Å². The van der Waals surface area contributed by atoms with Gasteiger partial charge >= 0.3 is 0 Å². The Bertz CT molecular complexity index is 755. The summed E-state index contributed by atoms with van der Waals surface area (Å²) in [6.45, 7) is 0. The zero-order valence-corrected chi connectivity index (χ0v) is 14.8. The number of hydrogen-bond donors (Lipinski definition) is 0. The quantitative estimate of drug-likeness (QED) is 0.641. The van der Waals surface area contributed by atoms with Crippen molar-refractivity contribution in [1.29, 1.82) is 0 Å². The highest BCUT2D eigenvalue weighted by Crippen LogP contribution is 2.47. The van der Waals surface area contributed by atoms with Crippen molar-refractivity contribution in [2.75, 3.05) is 7.11 Å². The highest BCUT2D eigenvalue weighted by Gasteiger charge is 2.22. The van der Waals surface area contributed by atoms with Gasteiger partial charge in [0.1, 0.15) is 5.75 Å². The van der Waals surface area contributed by atoms with Gasteiger partial charge in [-0.15, -0.1) is 0 Å². The molecule has 0 bridgehead atoms. The van der Waals surface area contributed by atoms with Crippen LogP contribution in [-0.4, -0.2) is 7.11 Å². The fourth-order valence-electron chi connectivity index (χ4n) is 2.66. The van der Waals surface area contributed by atoms with E-state index in [-0.39, 0.29) is 0 Å². The third-order valence-corrected chi connectivity index (χ3v) is 8.64. The van der Waals surface area contributed by atoms with E-state index in [0.717, 1.165) is 11.9 Å². The van der Waals surface area contributed by atoms with E-state index in [1.165, 1.54) is 16.2 Å².